The van der Waals surface area contributed by atoms with E-state index in [0.717, 1.165) is 47.9 Å². The molecule has 3 aromatic rings. The van der Waals surface area contributed by atoms with Crippen LogP contribution in [0.4, 0.5) is 10.2 Å². The van der Waals surface area contributed by atoms with Gasteiger partial charge in [0.05, 0.1) is 11.4 Å². The third-order valence-electron chi connectivity index (χ3n) is 3.62. The van der Waals surface area contributed by atoms with Gasteiger partial charge in [-0.2, -0.15) is 5.10 Å². The highest BCUT2D eigenvalue weighted by molar-refractivity contribution is 5.68. The smallest absolute Gasteiger partial charge is 0.125 e. The zero-order valence-electron chi connectivity index (χ0n) is 13.4. The van der Waals surface area contributed by atoms with Crippen LogP contribution < -0.4 is 5.32 Å². The molecule has 124 valence electrons. The van der Waals surface area contributed by atoms with Crippen molar-refractivity contribution < 1.29 is 9.13 Å². The molecule has 2 heterocycles. The van der Waals surface area contributed by atoms with Gasteiger partial charge in [-0.15, -0.1) is 0 Å². The standard InChI is InChI=1S/C18H19FN4O/c1-24-10-2-9-20-18-8-5-14(12-21-18)17-11-16(22-23-17)13-3-6-15(19)7-4-13/h3-8,11-12H,2,9-10H2,1H3,(H,20,21)(H,22,23). The highest BCUT2D eigenvalue weighted by Crippen LogP contribution is 2.24. The van der Waals surface area contributed by atoms with Crippen molar-refractivity contribution in [1.82, 2.24) is 15.2 Å². The molecule has 0 aliphatic rings. The Hall–Kier alpha value is -2.73. The van der Waals surface area contributed by atoms with Gasteiger partial charge in [-0.25, -0.2) is 9.37 Å². The van der Waals surface area contributed by atoms with Gasteiger partial charge < -0.3 is 10.1 Å². The highest BCUT2D eigenvalue weighted by Gasteiger charge is 2.06. The number of pyridine rings is 1. The third-order valence-corrected chi connectivity index (χ3v) is 3.62. The van der Waals surface area contributed by atoms with E-state index in [1.54, 1.807) is 25.4 Å². The summed E-state index contributed by atoms with van der Waals surface area (Å²) in [6, 6.07) is 12.1. The molecule has 6 heteroatoms. The monoisotopic (exact) mass is 326 g/mol. The summed E-state index contributed by atoms with van der Waals surface area (Å²) >= 11 is 0. The fourth-order valence-corrected chi connectivity index (χ4v) is 2.33. The van der Waals surface area contributed by atoms with Crippen LogP contribution in [0.2, 0.25) is 0 Å². The third kappa shape index (κ3) is 3.97. The number of methoxy groups -OCH3 is 1. The van der Waals surface area contributed by atoms with Crippen LogP contribution in [-0.4, -0.2) is 35.4 Å². The highest BCUT2D eigenvalue weighted by atomic mass is 19.1. The predicted molar refractivity (Wildman–Crippen MR) is 92.2 cm³/mol. The molecule has 24 heavy (non-hydrogen) atoms. The largest absolute Gasteiger partial charge is 0.385 e. The van der Waals surface area contributed by atoms with Crippen LogP contribution in [0.1, 0.15) is 6.42 Å². The van der Waals surface area contributed by atoms with Crippen LogP contribution in [0, 0.1) is 5.82 Å². The minimum absolute atomic E-state index is 0.253. The first-order valence-corrected chi connectivity index (χ1v) is 7.77. The molecule has 2 N–H and O–H groups in total. The van der Waals surface area contributed by atoms with E-state index in [4.69, 9.17) is 4.74 Å². The number of hydrogen-bond donors (Lipinski definition) is 2. The lowest BCUT2D eigenvalue weighted by Gasteiger charge is -2.05. The maximum atomic E-state index is 13.0. The number of benzene rings is 1. The molecule has 0 spiro atoms. The molecule has 5 nitrogen and oxygen atoms in total. The molecule has 0 fully saturated rings. The number of nitrogens with zero attached hydrogens (tertiary/aromatic N) is 2. The first-order valence-electron chi connectivity index (χ1n) is 7.77. The normalized spacial score (nSPS) is 10.8. The number of H-pyrrole nitrogens is 1. The SMILES string of the molecule is COCCCNc1ccc(-c2cc(-c3ccc(F)cc3)[nH]n2)cn1. The van der Waals surface area contributed by atoms with Gasteiger partial charge in [0.2, 0.25) is 0 Å². The van der Waals surface area contributed by atoms with Gasteiger partial charge in [-0.3, -0.25) is 5.10 Å². The van der Waals surface area contributed by atoms with Gasteiger partial charge >= 0.3 is 0 Å². The molecule has 0 aliphatic carbocycles. The van der Waals surface area contributed by atoms with E-state index in [1.165, 1.54) is 12.1 Å². The molecular formula is C18H19FN4O. The number of ether oxygens (including phenoxy) is 1. The molecule has 0 radical (unpaired) electrons. The van der Waals surface area contributed by atoms with Crippen LogP contribution in [0.25, 0.3) is 22.5 Å². The summed E-state index contributed by atoms with van der Waals surface area (Å²) in [5, 5.41) is 10.5. The number of hydrogen-bond acceptors (Lipinski definition) is 4. The maximum absolute atomic E-state index is 13.0. The van der Waals surface area contributed by atoms with Crippen molar-refractivity contribution in [3.63, 3.8) is 0 Å². The van der Waals surface area contributed by atoms with Crippen molar-refractivity contribution in [2.45, 2.75) is 6.42 Å². The van der Waals surface area contributed by atoms with E-state index in [9.17, 15) is 4.39 Å². The van der Waals surface area contributed by atoms with Crippen molar-refractivity contribution in [2.75, 3.05) is 25.6 Å². The van der Waals surface area contributed by atoms with Crippen molar-refractivity contribution in [3.8, 4) is 22.5 Å². The van der Waals surface area contributed by atoms with Gasteiger partial charge in [0, 0.05) is 32.0 Å². The fraction of sp³-hybridized carbons (Fsp3) is 0.222. The number of aromatic amines is 1. The predicted octanol–water partition coefficient (Wildman–Crippen LogP) is 3.73. The number of aromatic nitrogens is 3. The van der Waals surface area contributed by atoms with Crippen molar-refractivity contribution in [1.29, 1.82) is 0 Å². The Morgan fingerprint density at radius 1 is 1.12 bits per heavy atom. The maximum Gasteiger partial charge on any atom is 0.125 e. The molecule has 1 aromatic carbocycles. The lowest BCUT2D eigenvalue weighted by molar-refractivity contribution is 0.198. The Bertz CT molecular complexity index is 768. The quantitative estimate of drug-likeness (QED) is 0.650. The average molecular weight is 326 g/mol. The van der Waals surface area contributed by atoms with E-state index in [2.05, 4.69) is 20.5 Å². The van der Waals surface area contributed by atoms with Crippen LogP contribution in [0.5, 0.6) is 0 Å². The number of halogens is 1. The molecule has 2 aromatic heterocycles. The van der Waals surface area contributed by atoms with Gasteiger partial charge in [-0.1, -0.05) is 0 Å². The summed E-state index contributed by atoms with van der Waals surface area (Å²) in [4.78, 5) is 4.39. The Labute approximate surface area is 139 Å². The first kappa shape index (κ1) is 16.1. The van der Waals surface area contributed by atoms with Crippen LogP contribution in [0.3, 0.4) is 0 Å². The number of nitrogens with one attached hydrogen (secondary N) is 2. The van der Waals surface area contributed by atoms with Gasteiger partial charge in [0.15, 0.2) is 0 Å². The zero-order chi connectivity index (χ0) is 16.8. The summed E-state index contributed by atoms with van der Waals surface area (Å²) in [6.45, 7) is 1.54. The zero-order valence-corrected chi connectivity index (χ0v) is 13.4. The molecule has 0 aliphatic heterocycles. The lowest BCUT2D eigenvalue weighted by atomic mass is 10.1. The Balaban J connectivity index is 1.67. The second-order valence-electron chi connectivity index (χ2n) is 5.38. The van der Waals surface area contributed by atoms with Crippen molar-refractivity contribution in [2.24, 2.45) is 0 Å². The molecule has 0 atom stereocenters. The molecule has 0 saturated carbocycles. The molecular weight excluding hydrogens is 307 g/mol. The summed E-state index contributed by atoms with van der Waals surface area (Å²) in [6.07, 6.45) is 2.71. The van der Waals surface area contributed by atoms with Gasteiger partial charge in [0.1, 0.15) is 11.6 Å². The number of rotatable bonds is 7. The topological polar surface area (TPSA) is 62.8 Å². The van der Waals surface area contributed by atoms with E-state index in [0.29, 0.717) is 0 Å². The second-order valence-corrected chi connectivity index (χ2v) is 5.38. The lowest BCUT2D eigenvalue weighted by Crippen LogP contribution is -2.05. The average Bonchev–Trinajstić information content (AvgIpc) is 3.10. The minimum atomic E-state index is -0.253. The summed E-state index contributed by atoms with van der Waals surface area (Å²) in [5.41, 5.74) is 3.45. The first-order chi connectivity index (χ1) is 11.8. The Kier molecular flexibility index (Phi) is 5.18. The van der Waals surface area contributed by atoms with E-state index < -0.39 is 0 Å². The van der Waals surface area contributed by atoms with Crippen molar-refractivity contribution >= 4 is 5.82 Å². The summed E-state index contributed by atoms with van der Waals surface area (Å²) in [5.74, 6) is 0.570. The Morgan fingerprint density at radius 3 is 2.62 bits per heavy atom. The van der Waals surface area contributed by atoms with Crippen LogP contribution >= 0.6 is 0 Å². The molecule has 0 unspecified atom stereocenters. The van der Waals surface area contributed by atoms with Gasteiger partial charge in [0.25, 0.3) is 0 Å². The van der Waals surface area contributed by atoms with Crippen LogP contribution in [-0.2, 0) is 4.74 Å². The number of anilines is 1. The second kappa shape index (κ2) is 7.70. The summed E-state index contributed by atoms with van der Waals surface area (Å²) < 4.78 is 18.0. The molecule has 3 rings (SSSR count). The molecule has 0 saturated heterocycles. The fourth-order valence-electron chi connectivity index (χ4n) is 2.33. The van der Waals surface area contributed by atoms with E-state index >= 15 is 0 Å². The van der Waals surface area contributed by atoms with E-state index in [1.807, 2.05) is 18.2 Å². The minimum Gasteiger partial charge on any atom is -0.385 e. The Morgan fingerprint density at radius 2 is 1.92 bits per heavy atom. The van der Waals surface area contributed by atoms with Gasteiger partial charge in [-0.05, 0) is 54.4 Å². The summed E-state index contributed by atoms with van der Waals surface area (Å²) in [7, 11) is 1.69. The molecule has 0 bridgehead atoms. The molecule has 0 amide bonds. The van der Waals surface area contributed by atoms with Crippen molar-refractivity contribution in [3.05, 3.63) is 54.5 Å². The van der Waals surface area contributed by atoms with Crippen LogP contribution in [0.15, 0.2) is 48.7 Å². The van der Waals surface area contributed by atoms with E-state index in [-0.39, 0.29) is 5.82 Å².